The van der Waals surface area contributed by atoms with Crippen LogP contribution >= 0.6 is 11.3 Å². The molecule has 0 saturated heterocycles. The Hall–Kier alpha value is -6.98. The van der Waals surface area contributed by atoms with Gasteiger partial charge in [0.2, 0.25) is 0 Å². The number of rotatable bonds is 6. The van der Waals surface area contributed by atoms with Crippen LogP contribution in [0.1, 0.15) is 0 Å². The molecule has 0 unspecified atom stereocenters. The summed E-state index contributed by atoms with van der Waals surface area (Å²) in [5.74, 6) is 0. The zero-order valence-electron chi connectivity index (χ0n) is 31.6. The minimum absolute atomic E-state index is 1.17. The van der Waals surface area contributed by atoms with Crippen LogP contribution < -0.4 is 20.7 Å². The van der Waals surface area contributed by atoms with Gasteiger partial charge in [-0.15, -0.1) is 11.3 Å². The second-order valence-corrected chi connectivity index (χ2v) is 20.1. The van der Waals surface area contributed by atoms with Gasteiger partial charge in [-0.05, 0) is 69.3 Å². The van der Waals surface area contributed by atoms with Gasteiger partial charge in [0.1, 0.15) is 0 Å². The lowest BCUT2D eigenvalue weighted by Gasteiger charge is -2.35. The first kappa shape index (κ1) is 33.2. The Balaban J connectivity index is 1.19. The fraction of sp³-hybridized carbons (Fsp3) is 0. The Morgan fingerprint density at radius 3 is 1.53 bits per heavy atom. The van der Waals surface area contributed by atoms with Gasteiger partial charge in [-0.1, -0.05) is 170 Å². The van der Waals surface area contributed by atoms with Crippen LogP contribution in [-0.4, -0.2) is 17.2 Å². The van der Waals surface area contributed by atoms with E-state index >= 15 is 0 Å². The first-order valence-electron chi connectivity index (χ1n) is 19.9. The minimum atomic E-state index is -2.97. The molecule has 0 aliphatic heterocycles. The summed E-state index contributed by atoms with van der Waals surface area (Å²) >= 11 is 1.90. The largest absolute Gasteiger partial charge is 0.309 e. The van der Waals surface area contributed by atoms with Crippen molar-refractivity contribution in [2.45, 2.75) is 0 Å². The smallest absolute Gasteiger partial charge is 0.179 e. The standard InChI is InChI=1S/C54H36N2SSi/c1-4-17-37(18-5-1)55-49-28-13-10-25-43(49)45-32-31-42(36-51(45)55)58(39-20-6-2-7-21-39,40-22-8-3-9-23-40)41-24-16-19-38(35-41)56-50-29-14-11-26-44(50)47-33-34-48-46-27-12-15-30-52(46)57-54(48)53(47)56/h1-36H. The normalized spacial score (nSPS) is 12.1. The quantitative estimate of drug-likeness (QED) is 0.118. The molecule has 0 aliphatic carbocycles. The van der Waals surface area contributed by atoms with E-state index in [1.165, 1.54) is 95.9 Å². The zero-order valence-corrected chi connectivity index (χ0v) is 33.4. The third kappa shape index (κ3) is 4.76. The summed E-state index contributed by atoms with van der Waals surface area (Å²) in [5.41, 5.74) is 7.28. The number of hydrogen-bond donors (Lipinski definition) is 0. The number of aromatic nitrogens is 2. The first-order valence-corrected chi connectivity index (χ1v) is 22.8. The Bertz CT molecular complexity index is 3470. The molecule has 9 aromatic carbocycles. The van der Waals surface area contributed by atoms with Gasteiger partial charge >= 0.3 is 0 Å². The second-order valence-electron chi connectivity index (χ2n) is 15.2. The van der Waals surface area contributed by atoms with Crippen LogP contribution in [-0.2, 0) is 0 Å². The minimum Gasteiger partial charge on any atom is -0.309 e. The van der Waals surface area contributed by atoms with E-state index in [0.29, 0.717) is 0 Å². The third-order valence-electron chi connectivity index (χ3n) is 12.3. The Morgan fingerprint density at radius 2 is 0.810 bits per heavy atom. The van der Waals surface area contributed by atoms with E-state index in [4.69, 9.17) is 0 Å². The van der Waals surface area contributed by atoms with E-state index in [0.717, 1.165) is 0 Å². The first-order chi connectivity index (χ1) is 28.8. The molecule has 3 aromatic heterocycles. The maximum absolute atomic E-state index is 2.97. The summed E-state index contributed by atoms with van der Waals surface area (Å²) in [4.78, 5) is 0. The van der Waals surface area contributed by atoms with Crippen LogP contribution in [0, 0.1) is 0 Å². The van der Waals surface area contributed by atoms with Gasteiger partial charge in [0.15, 0.2) is 8.07 Å². The average molecular weight is 773 g/mol. The van der Waals surface area contributed by atoms with E-state index in [1.807, 2.05) is 11.3 Å². The molecule has 0 aliphatic rings. The predicted octanol–water partition coefficient (Wildman–Crippen LogP) is 11.6. The van der Waals surface area contributed by atoms with Crippen LogP contribution in [0.25, 0.3) is 75.2 Å². The summed E-state index contributed by atoms with van der Waals surface area (Å²) in [6, 6.07) is 81.6. The number of nitrogens with zero attached hydrogens (tertiary/aromatic N) is 2. The van der Waals surface area contributed by atoms with Crippen molar-refractivity contribution in [1.82, 2.24) is 9.13 Å². The topological polar surface area (TPSA) is 9.86 Å². The van der Waals surface area contributed by atoms with E-state index in [-0.39, 0.29) is 0 Å². The molecule has 0 bridgehead atoms. The molecule has 2 nitrogen and oxygen atoms in total. The van der Waals surface area contributed by atoms with Crippen molar-refractivity contribution < 1.29 is 0 Å². The molecule has 272 valence electrons. The average Bonchev–Trinajstić information content (AvgIpc) is 3.96. The summed E-state index contributed by atoms with van der Waals surface area (Å²) in [6.45, 7) is 0. The van der Waals surface area contributed by atoms with Crippen LogP contribution in [0.3, 0.4) is 0 Å². The molecular formula is C54H36N2SSi. The van der Waals surface area contributed by atoms with Crippen LogP contribution in [0.2, 0.25) is 0 Å². The van der Waals surface area contributed by atoms with Gasteiger partial charge in [-0.2, -0.15) is 0 Å². The van der Waals surface area contributed by atoms with Gasteiger partial charge < -0.3 is 9.13 Å². The molecule has 0 atom stereocenters. The van der Waals surface area contributed by atoms with Crippen molar-refractivity contribution in [2.24, 2.45) is 0 Å². The lowest BCUT2D eigenvalue weighted by molar-refractivity contribution is 1.18. The molecule has 0 fully saturated rings. The van der Waals surface area contributed by atoms with Gasteiger partial charge in [-0.3, -0.25) is 0 Å². The van der Waals surface area contributed by atoms with Gasteiger partial charge in [0.05, 0.1) is 26.8 Å². The third-order valence-corrected chi connectivity index (χ3v) is 18.2. The molecule has 12 aromatic rings. The van der Waals surface area contributed by atoms with Crippen LogP contribution in [0.4, 0.5) is 0 Å². The maximum Gasteiger partial charge on any atom is 0.179 e. The number of thiophene rings is 1. The van der Waals surface area contributed by atoms with Crippen molar-refractivity contribution in [1.29, 1.82) is 0 Å². The lowest BCUT2D eigenvalue weighted by atomic mass is 10.1. The Kier molecular flexibility index (Phi) is 7.46. The van der Waals surface area contributed by atoms with Gasteiger partial charge in [-0.25, -0.2) is 0 Å². The molecule has 0 amide bonds. The van der Waals surface area contributed by atoms with Gasteiger partial charge in [0.25, 0.3) is 0 Å². The highest BCUT2D eigenvalue weighted by Gasteiger charge is 2.42. The van der Waals surface area contributed by atoms with Crippen molar-refractivity contribution in [3.05, 3.63) is 218 Å². The van der Waals surface area contributed by atoms with E-state index in [2.05, 4.69) is 228 Å². The number of para-hydroxylation sites is 3. The fourth-order valence-corrected chi connectivity index (χ4v) is 15.8. The van der Waals surface area contributed by atoms with Gasteiger partial charge in [0, 0.05) is 48.4 Å². The highest BCUT2D eigenvalue weighted by molar-refractivity contribution is 7.26. The molecule has 0 N–H and O–H groups in total. The molecule has 4 heteroatoms. The van der Waals surface area contributed by atoms with E-state index in [1.54, 1.807) is 0 Å². The second kappa shape index (κ2) is 13.0. The van der Waals surface area contributed by atoms with Crippen molar-refractivity contribution >= 4 is 104 Å². The maximum atomic E-state index is 2.54. The summed E-state index contributed by atoms with van der Waals surface area (Å²) in [7, 11) is -2.97. The molecule has 0 radical (unpaired) electrons. The van der Waals surface area contributed by atoms with Crippen LogP contribution in [0.5, 0.6) is 0 Å². The van der Waals surface area contributed by atoms with Crippen molar-refractivity contribution in [3.63, 3.8) is 0 Å². The lowest BCUT2D eigenvalue weighted by Crippen LogP contribution is -2.74. The summed E-state index contributed by atoms with van der Waals surface area (Å²) in [5, 5.41) is 13.1. The summed E-state index contributed by atoms with van der Waals surface area (Å²) in [6.07, 6.45) is 0. The molecule has 58 heavy (non-hydrogen) atoms. The molecule has 0 saturated carbocycles. The monoisotopic (exact) mass is 772 g/mol. The number of fused-ring (bicyclic) bond motifs is 10. The number of hydrogen-bond acceptors (Lipinski definition) is 1. The Labute approximate surface area is 341 Å². The highest BCUT2D eigenvalue weighted by atomic mass is 32.1. The highest BCUT2D eigenvalue weighted by Crippen LogP contribution is 2.43. The van der Waals surface area contributed by atoms with E-state index < -0.39 is 8.07 Å². The van der Waals surface area contributed by atoms with E-state index in [9.17, 15) is 0 Å². The zero-order chi connectivity index (χ0) is 38.2. The fourth-order valence-electron chi connectivity index (χ4n) is 9.81. The summed E-state index contributed by atoms with van der Waals surface area (Å²) < 4.78 is 7.64. The molecular weight excluding hydrogens is 737 g/mol. The predicted molar refractivity (Wildman–Crippen MR) is 252 cm³/mol. The van der Waals surface area contributed by atoms with Crippen molar-refractivity contribution in [3.8, 4) is 11.4 Å². The molecule has 3 heterocycles. The molecule has 12 rings (SSSR count). The van der Waals surface area contributed by atoms with Crippen molar-refractivity contribution in [2.75, 3.05) is 0 Å². The molecule has 0 spiro atoms. The SMILES string of the molecule is c1ccc(-n2c3ccccc3c3ccc([Si](c4ccccc4)(c4ccccc4)c4cccc(-n5c6ccccc6c6ccc7c8ccccc8sc7c65)c4)cc32)cc1. The van der Waals surface area contributed by atoms with Crippen LogP contribution in [0.15, 0.2) is 218 Å². The Morgan fingerprint density at radius 1 is 0.310 bits per heavy atom. The number of benzene rings is 9.